The molecule has 0 heterocycles. The standard InChI is InChI=1S/2C6H16P2.2ClH.Tc/c2*1-7(2)5-6-8(3)4;;;/h2*5-6H2,1-4H3;2*1H;/q;;;;+2/p+2. The normalized spacial score (nSPS) is 10.4. The van der Waals surface area contributed by atoms with E-state index in [2.05, 4.69) is 53.3 Å². The molecule has 19 heavy (non-hydrogen) atoms. The number of rotatable bonds is 6. The zero-order valence-corrected chi connectivity index (χ0v) is 21.3. The van der Waals surface area contributed by atoms with E-state index in [1.165, 1.54) is 24.6 Å². The van der Waals surface area contributed by atoms with E-state index in [4.69, 9.17) is 19.2 Å². The average molecular weight is 473 g/mol. The van der Waals surface area contributed by atoms with Crippen molar-refractivity contribution >= 4 is 50.9 Å². The summed E-state index contributed by atoms with van der Waals surface area (Å²) in [6, 6.07) is 0. The minimum absolute atomic E-state index is 0.0957. The predicted octanol–water partition coefficient (Wildman–Crippen LogP) is 5.24. The molecule has 121 valence electrons. The van der Waals surface area contributed by atoms with Crippen LogP contribution in [0, 0.1) is 0 Å². The van der Waals surface area contributed by atoms with Crippen LogP contribution in [0.1, 0.15) is 0 Å². The Bertz CT molecular complexity index is 127. The number of hydrogen-bond acceptors (Lipinski definition) is 0. The zero-order valence-electron chi connectivity index (χ0n) is 14.0. The van der Waals surface area contributed by atoms with E-state index in [1.807, 2.05) is 0 Å². The molecule has 0 aromatic rings. The fraction of sp³-hybridized carbons (Fsp3) is 1.00. The fourth-order valence-electron chi connectivity index (χ4n) is 1.000. The number of hydrogen-bond donors (Lipinski definition) is 0. The van der Waals surface area contributed by atoms with Crippen LogP contribution in [-0.4, -0.2) is 78.0 Å². The van der Waals surface area contributed by atoms with Gasteiger partial charge in [-0.2, -0.15) is 0 Å². The molecule has 0 aliphatic heterocycles. The molecule has 0 radical (unpaired) electrons. The Morgan fingerprint density at radius 3 is 0.684 bits per heavy atom. The molecule has 0 aromatic carbocycles. The van der Waals surface area contributed by atoms with Crippen LogP contribution in [0.2, 0.25) is 0 Å². The molecule has 0 aliphatic rings. The summed E-state index contributed by atoms with van der Waals surface area (Å²) in [6.45, 7) is 19.2. The minimum atomic E-state index is -0.466. The third kappa shape index (κ3) is 44.9. The van der Waals surface area contributed by atoms with Crippen molar-refractivity contribution < 1.29 is 15.7 Å². The van der Waals surface area contributed by atoms with E-state index < -0.39 is 15.7 Å². The quantitative estimate of drug-likeness (QED) is 0.463. The Hall–Kier alpha value is 2.95. The van der Waals surface area contributed by atoms with Crippen molar-refractivity contribution in [2.45, 2.75) is 0 Å². The van der Waals surface area contributed by atoms with E-state index in [0.717, 1.165) is 0 Å². The molecule has 0 saturated carbocycles. The van der Waals surface area contributed by atoms with Crippen LogP contribution < -0.4 is 0 Å². The summed E-state index contributed by atoms with van der Waals surface area (Å²) in [4.78, 5) is 0. The van der Waals surface area contributed by atoms with Crippen LogP contribution in [0.4, 0.5) is 0 Å². The van der Waals surface area contributed by atoms with Gasteiger partial charge in [-0.25, -0.2) is 0 Å². The molecule has 0 amide bonds. The van der Waals surface area contributed by atoms with Gasteiger partial charge in [0.15, 0.2) is 0 Å². The Balaban J connectivity index is -0.000000224. The first-order valence-corrected chi connectivity index (χ1v) is 22.3. The monoisotopic (exact) mass is 471 g/mol. The van der Waals surface area contributed by atoms with Crippen LogP contribution in [-0.2, 0) is 15.7 Å². The molecule has 0 unspecified atom stereocenters. The first-order valence-electron chi connectivity index (χ1n) is 6.70. The molecule has 0 saturated heterocycles. The van der Waals surface area contributed by atoms with Crippen LogP contribution in [0.25, 0.3) is 0 Å². The summed E-state index contributed by atoms with van der Waals surface area (Å²) in [6.07, 6.45) is 6.13. The molecule has 7 heteroatoms. The summed E-state index contributed by atoms with van der Waals surface area (Å²) < 4.78 is 0. The van der Waals surface area contributed by atoms with Gasteiger partial charge in [-0.3, -0.25) is 0 Å². The first-order chi connectivity index (χ1) is 8.67. The molecule has 0 N–H and O–H groups in total. The Morgan fingerprint density at radius 2 is 0.632 bits per heavy atom. The van der Waals surface area contributed by atoms with Gasteiger partial charge >= 0.3 is 34.8 Å². The molecular weight excluding hydrogens is 437 g/mol. The van der Waals surface area contributed by atoms with E-state index in [1.54, 1.807) is 0 Å². The molecule has 0 aliphatic carbocycles. The van der Waals surface area contributed by atoms with Crippen molar-refractivity contribution in [3.8, 4) is 0 Å². The Labute approximate surface area is 143 Å². The second-order valence-electron chi connectivity index (χ2n) is 5.88. The van der Waals surface area contributed by atoms with Gasteiger partial charge in [0.05, 0.1) is 24.6 Å². The van der Waals surface area contributed by atoms with Crippen LogP contribution >= 0.6 is 50.9 Å². The average Bonchev–Trinajstić information content (AvgIpc) is 2.25. The molecule has 0 rings (SSSR count). The fourth-order valence-corrected chi connectivity index (χ4v) is 9.00. The molecule has 0 atom stereocenters. The molecule has 0 nitrogen and oxygen atoms in total. The van der Waals surface area contributed by atoms with Crippen molar-refractivity contribution in [1.82, 2.24) is 0 Å². The maximum atomic E-state index is 4.87. The van der Waals surface area contributed by atoms with E-state index in [-0.39, 0.29) is 31.7 Å². The number of halogens is 2. The van der Waals surface area contributed by atoms with Crippen molar-refractivity contribution in [1.29, 1.82) is 0 Å². The van der Waals surface area contributed by atoms with E-state index in [9.17, 15) is 0 Å². The van der Waals surface area contributed by atoms with E-state index >= 15 is 0 Å². The van der Waals surface area contributed by atoms with Gasteiger partial charge in [0, 0.05) is 53.3 Å². The van der Waals surface area contributed by atoms with Gasteiger partial charge in [-0.1, -0.05) is 0 Å². The second kappa shape index (κ2) is 20.9. The van der Waals surface area contributed by atoms with Gasteiger partial charge in [-0.15, -0.1) is 0 Å². The SMILES string of the molecule is C[PH+](C)CC[PH+](C)C.C[PH+](C)CC[PH+](C)C.[Cl][Tc][Cl]. The van der Waals surface area contributed by atoms with Crippen LogP contribution in [0.15, 0.2) is 0 Å². The Kier molecular flexibility index (Phi) is 29.6. The predicted molar refractivity (Wildman–Crippen MR) is 112 cm³/mol. The van der Waals surface area contributed by atoms with Crippen molar-refractivity contribution in [3.63, 3.8) is 0 Å². The molecule has 0 spiro atoms. The van der Waals surface area contributed by atoms with Gasteiger partial charge in [0.2, 0.25) is 0 Å². The summed E-state index contributed by atoms with van der Waals surface area (Å²) in [5.41, 5.74) is 0. The zero-order chi connectivity index (χ0) is 15.8. The molecular formula is C12H36Cl2P4Tc+4. The summed E-state index contributed by atoms with van der Waals surface area (Å²) in [5.74, 6) is 0. The van der Waals surface area contributed by atoms with Gasteiger partial charge in [0.25, 0.3) is 0 Å². The van der Waals surface area contributed by atoms with E-state index in [0.29, 0.717) is 0 Å². The van der Waals surface area contributed by atoms with Crippen molar-refractivity contribution in [2.75, 3.05) is 78.0 Å². The third-order valence-electron chi connectivity index (χ3n) is 2.25. The summed E-state index contributed by atoms with van der Waals surface area (Å²) >= 11 is -0.466. The van der Waals surface area contributed by atoms with Gasteiger partial charge < -0.3 is 0 Å². The summed E-state index contributed by atoms with van der Waals surface area (Å²) in [5, 5.41) is 0. The van der Waals surface area contributed by atoms with Crippen LogP contribution in [0.3, 0.4) is 0 Å². The molecule has 0 bridgehead atoms. The second-order valence-corrected chi connectivity index (χ2v) is 20.4. The first kappa shape index (κ1) is 26.8. The molecule has 0 aromatic heterocycles. The Morgan fingerprint density at radius 1 is 0.526 bits per heavy atom. The van der Waals surface area contributed by atoms with Gasteiger partial charge in [0.1, 0.15) is 0 Å². The molecule has 0 fully saturated rings. The van der Waals surface area contributed by atoms with Gasteiger partial charge in [-0.05, 0) is 31.7 Å². The van der Waals surface area contributed by atoms with Crippen molar-refractivity contribution in [3.05, 3.63) is 0 Å². The topological polar surface area (TPSA) is 0 Å². The van der Waals surface area contributed by atoms with Crippen LogP contribution in [0.5, 0.6) is 0 Å². The summed E-state index contributed by atoms with van der Waals surface area (Å²) in [7, 11) is 10.1. The third-order valence-corrected chi connectivity index (χ3v) is 8.25. The van der Waals surface area contributed by atoms with Crippen molar-refractivity contribution in [2.24, 2.45) is 0 Å². The maximum absolute atomic E-state index is 4.87.